The van der Waals surface area contributed by atoms with E-state index in [-0.39, 0.29) is 11.3 Å². The number of anilines is 1. The highest BCUT2D eigenvalue weighted by Gasteiger charge is 2.30. The molecule has 1 aliphatic rings. The monoisotopic (exact) mass is 344 g/mol. The van der Waals surface area contributed by atoms with Crippen LogP contribution in [0, 0.1) is 11.7 Å². The van der Waals surface area contributed by atoms with Crippen molar-refractivity contribution in [3.8, 4) is 0 Å². The van der Waals surface area contributed by atoms with Crippen molar-refractivity contribution in [2.45, 2.75) is 25.3 Å². The van der Waals surface area contributed by atoms with Gasteiger partial charge in [-0.2, -0.15) is 0 Å². The number of benzene rings is 1. The van der Waals surface area contributed by atoms with Crippen LogP contribution in [0.5, 0.6) is 0 Å². The Labute approximate surface area is 132 Å². The van der Waals surface area contributed by atoms with Crippen LogP contribution in [0.25, 0.3) is 0 Å². The van der Waals surface area contributed by atoms with Crippen molar-refractivity contribution < 1.29 is 27.5 Å². The van der Waals surface area contributed by atoms with E-state index in [0.29, 0.717) is 12.3 Å². The van der Waals surface area contributed by atoms with Gasteiger partial charge in [-0.1, -0.05) is 12.8 Å². The average Bonchev–Trinajstić information content (AvgIpc) is 3.22. The minimum Gasteiger partial charge on any atom is -0.480 e. The maximum Gasteiger partial charge on any atom is 0.326 e. The van der Waals surface area contributed by atoms with Crippen LogP contribution in [0.3, 0.4) is 0 Å². The average molecular weight is 344 g/mol. The lowest BCUT2D eigenvalue weighted by Gasteiger charge is -2.15. The number of carboxylic acid groups (broad SMARTS) is 1. The molecule has 1 aliphatic carbocycles. The van der Waals surface area contributed by atoms with E-state index < -0.39 is 33.8 Å². The fraction of sp³-hybridized carbons (Fsp3) is 0.429. The topological polar surface area (TPSA) is 113 Å². The molecule has 0 radical (unpaired) electrons. The molecule has 1 saturated carbocycles. The van der Waals surface area contributed by atoms with Gasteiger partial charge in [0, 0.05) is 5.56 Å². The second-order valence-corrected chi connectivity index (χ2v) is 7.36. The summed E-state index contributed by atoms with van der Waals surface area (Å²) in [5.74, 6) is -2.37. The van der Waals surface area contributed by atoms with Gasteiger partial charge in [-0.25, -0.2) is 17.6 Å². The third-order valence-electron chi connectivity index (χ3n) is 3.39. The minimum atomic E-state index is -3.70. The molecule has 1 fully saturated rings. The summed E-state index contributed by atoms with van der Waals surface area (Å²) in [6.45, 7) is 0. The number of aliphatic carboxylic acids is 1. The fourth-order valence-electron chi connectivity index (χ4n) is 2.09. The zero-order chi connectivity index (χ0) is 17.2. The fourth-order valence-corrected chi connectivity index (χ4v) is 2.65. The predicted octanol–water partition coefficient (Wildman–Crippen LogP) is 1.18. The Bertz CT molecular complexity index is 731. The number of amides is 1. The first kappa shape index (κ1) is 17.2. The zero-order valence-corrected chi connectivity index (χ0v) is 13.2. The molecule has 1 unspecified atom stereocenters. The van der Waals surface area contributed by atoms with Gasteiger partial charge in [-0.15, -0.1) is 0 Å². The normalized spacial score (nSPS) is 15.7. The molecule has 1 amide bonds. The minimum absolute atomic E-state index is 0.0282. The van der Waals surface area contributed by atoms with Crippen molar-refractivity contribution in [1.29, 1.82) is 0 Å². The number of carbonyl (C=O) groups excluding carboxylic acids is 1. The molecular formula is C14H17FN2O5S. The summed E-state index contributed by atoms with van der Waals surface area (Å²) < 4.78 is 37.9. The second kappa shape index (κ2) is 6.53. The van der Waals surface area contributed by atoms with Crippen LogP contribution >= 0.6 is 0 Å². The van der Waals surface area contributed by atoms with E-state index in [9.17, 15) is 22.4 Å². The lowest BCUT2D eigenvalue weighted by atomic mass is 10.1. The maximum atomic E-state index is 13.6. The Morgan fingerprint density at radius 2 is 2.04 bits per heavy atom. The highest BCUT2D eigenvalue weighted by atomic mass is 32.2. The lowest BCUT2D eigenvalue weighted by molar-refractivity contribution is -0.139. The Balaban J connectivity index is 2.14. The molecule has 7 nitrogen and oxygen atoms in total. The molecule has 23 heavy (non-hydrogen) atoms. The Hall–Kier alpha value is -2.16. The molecular weight excluding hydrogens is 327 g/mol. The van der Waals surface area contributed by atoms with Gasteiger partial charge in [0.2, 0.25) is 10.0 Å². The van der Waals surface area contributed by atoms with Crippen LogP contribution in [-0.4, -0.2) is 37.7 Å². The van der Waals surface area contributed by atoms with E-state index in [4.69, 9.17) is 5.11 Å². The van der Waals surface area contributed by atoms with E-state index in [1.807, 2.05) is 4.72 Å². The first-order chi connectivity index (χ1) is 10.7. The second-order valence-electron chi connectivity index (χ2n) is 5.61. The maximum absolute atomic E-state index is 13.6. The first-order valence-corrected chi connectivity index (χ1v) is 8.86. The van der Waals surface area contributed by atoms with Gasteiger partial charge in [-0.05, 0) is 30.5 Å². The lowest BCUT2D eigenvalue weighted by Crippen LogP contribution is -2.41. The number of nitrogens with one attached hydrogen (secondary N) is 2. The van der Waals surface area contributed by atoms with Crippen molar-refractivity contribution >= 4 is 27.6 Å². The number of hydrogen-bond acceptors (Lipinski definition) is 4. The number of sulfonamides is 1. The van der Waals surface area contributed by atoms with E-state index in [1.165, 1.54) is 0 Å². The van der Waals surface area contributed by atoms with Gasteiger partial charge in [0.05, 0.1) is 11.9 Å². The van der Waals surface area contributed by atoms with Crippen LogP contribution in [0.4, 0.5) is 10.1 Å². The van der Waals surface area contributed by atoms with Crippen molar-refractivity contribution in [1.82, 2.24) is 5.32 Å². The molecule has 3 N–H and O–H groups in total. The molecule has 2 rings (SSSR count). The molecule has 9 heteroatoms. The summed E-state index contributed by atoms with van der Waals surface area (Å²) >= 11 is 0. The van der Waals surface area contributed by atoms with Crippen molar-refractivity contribution in [3.05, 3.63) is 29.6 Å². The smallest absolute Gasteiger partial charge is 0.326 e. The number of carbonyl (C=O) groups is 2. The third kappa shape index (κ3) is 5.20. The SMILES string of the molecule is CS(=O)(=O)Nc1cc(C(=O)NC(CC2CC2)C(=O)O)ccc1F. The molecule has 1 aromatic rings. The highest BCUT2D eigenvalue weighted by molar-refractivity contribution is 7.92. The van der Waals surface area contributed by atoms with Crippen molar-refractivity contribution in [2.75, 3.05) is 11.0 Å². The van der Waals surface area contributed by atoms with Gasteiger partial charge in [-0.3, -0.25) is 9.52 Å². The van der Waals surface area contributed by atoms with E-state index in [0.717, 1.165) is 37.3 Å². The van der Waals surface area contributed by atoms with Crippen molar-refractivity contribution in [2.24, 2.45) is 5.92 Å². The van der Waals surface area contributed by atoms with E-state index in [2.05, 4.69) is 5.32 Å². The largest absolute Gasteiger partial charge is 0.480 e. The van der Waals surface area contributed by atoms with Crippen LogP contribution in [0.1, 0.15) is 29.6 Å². The standard InChI is InChI=1S/C14H17FN2O5S/c1-23(21,22)17-11-7-9(4-5-10(11)15)13(18)16-12(14(19)20)6-8-2-3-8/h4-5,7-8,12,17H,2-3,6H2,1H3,(H,16,18)(H,19,20). The van der Waals surface area contributed by atoms with Crippen LogP contribution in [0.15, 0.2) is 18.2 Å². The van der Waals surface area contributed by atoms with Crippen LogP contribution < -0.4 is 10.0 Å². The third-order valence-corrected chi connectivity index (χ3v) is 3.98. The van der Waals surface area contributed by atoms with Crippen LogP contribution in [-0.2, 0) is 14.8 Å². The molecule has 0 bridgehead atoms. The van der Waals surface area contributed by atoms with E-state index in [1.54, 1.807) is 0 Å². The first-order valence-electron chi connectivity index (χ1n) is 6.96. The molecule has 0 saturated heterocycles. The summed E-state index contributed by atoms with van der Waals surface area (Å²) in [5.41, 5.74) is -0.395. The summed E-state index contributed by atoms with van der Waals surface area (Å²) in [6, 6.07) is 2.11. The molecule has 126 valence electrons. The summed E-state index contributed by atoms with van der Waals surface area (Å²) in [7, 11) is -3.70. The number of hydrogen-bond donors (Lipinski definition) is 3. The van der Waals surface area contributed by atoms with Gasteiger partial charge in [0.25, 0.3) is 5.91 Å². The van der Waals surface area contributed by atoms with Crippen molar-refractivity contribution in [3.63, 3.8) is 0 Å². The summed E-state index contributed by atoms with van der Waals surface area (Å²) in [4.78, 5) is 23.3. The number of rotatable bonds is 7. The Morgan fingerprint density at radius 1 is 1.39 bits per heavy atom. The van der Waals surface area contributed by atoms with Gasteiger partial charge in [0.1, 0.15) is 11.9 Å². The molecule has 0 spiro atoms. The van der Waals surface area contributed by atoms with Gasteiger partial charge < -0.3 is 10.4 Å². The number of carboxylic acids is 1. The zero-order valence-electron chi connectivity index (χ0n) is 12.4. The molecule has 0 heterocycles. The quantitative estimate of drug-likeness (QED) is 0.687. The molecule has 0 aromatic heterocycles. The van der Waals surface area contributed by atoms with E-state index >= 15 is 0 Å². The number of halogens is 1. The predicted molar refractivity (Wildman–Crippen MR) is 81.1 cm³/mol. The van der Waals surface area contributed by atoms with Crippen LogP contribution in [0.2, 0.25) is 0 Å². The van der Waals surface area contributed by atoms with Gasteiger partial charge >= 0.3 is 5.97 Å². The highest BCUT2D eigenvalue weighted by Crippen LogP contribution is 2.33. The molecule has 1 aromatic carbocycles. The summed E-state index contributed by atoms with van der Waals surface area (Å²) in [5, 5.41) is 11.5. The molecule has 1 atom stereocenters. The van der Waals surface area contributed by atoms with Gasteiger partial charge in [0.15, 0.2) is 0 Å². The summed E-state index contributed by atoms with van der Waals surface area (Å²) in [6.07, 6.45) is 3.09. The molecule has 0 aliphatic heterocycles. The Kier molecular flexibility index (Phi) is 4.88. The Morgan fingerprint density at radius 3 is 2.57 bits per heavy atom.